The van der Waals surface area contributed by atoms with Gasteiger partial charge >= 0.3 is 11.9 Å². The number of carbonyl (C=O) groups is 2. The maximum atomic E-state index is 13.6. The second-order valence-electron chi connectivity index (χ2n) is 34.3. The van der Waals surface area contributed by atoms with Crippen LogP contribution in [0, 0.1) is 46.5 Å². The van der Waals surface area contributed by atoms with Gasteiger partial charge in [-0.25, -0.2) is 37.5 Å². The fourth-order valence-corrected chi connectivity index (χ4v) is 13.7. The Labute approximate surface area is 833 Å². The number of ether oxygens (including phenoxy) is 21. The third kappa shape index (κ3) is 53.6. The SMILES string of the molecule is CCCCc1nc2c([nH]1)c(N)nc1cc(CCCCC[N+](C)(C)CCOCCOCCOCCOCCOCCOCCOCCOCCOCCOCCC(=O)O)ccc12.CCCCc1nc2c([nH]1)c(N)nc1cc(CCCCC[N+](C)(C)CCOCCOCCOCCOCCOCCOCCOCCOCCOCCOCCC(=O)Oc3c(F)c(F)cc(F)c3F)ccc12.Oc1c(F)c(F)cc(F)c1F. The summed E-state index contributed by atoms with van der Waals surface area (Å²) in [5.41, 5.74) is 20.6. The van der Waals surface area contributed by atoms with E-state index in [1.165, 1.54) is 30.4 Å². The van der Waals surface area contributed by atoms with Crippen molar-refractivity contribution in [2.75, 3.05) is 330 Å². The number of rotatable bonds is 85. The Hall–Kier alpha value is -8.46. The Morgan fingerprint density at radius 2 is 0.587 bits per heavy atom. The summed E-state index contributed by atoms with van der Waals surface area (Å²) < 4.78 is 218. The van der Waals surface area contributed by atoms with Gasteiger partial charge in [0.05, 0.1) is 329 Å². The minimum atomic E-state index is -1.79. The van der Waals surface area contributed by atoms with Gasteiger partial charge in [0.1, 0.15) is 58.4 Å². The molecule has 4 aromatic carbocycles. The number of H-pyrrole nitrogens is 2. The molecule has 0 saturated heterocycles. The number of carboxylic acid groups (broad SMARTS) is 1. The van der Waals surface area contributed by atoms with Gasteiger partial charge in [0.15, 0.2) is 29.0 Å². The number of esters is 1. The number of nitrogens with two attached hydrogens (primary N) is 2. The maximum Gasteiger partial charge on any atom is 0.313 e. The highest BCUT2D eigenvalue weighted by Gasteiger charge is 2.25. The van der Waals surface area contributed by atoms with Crippen LogP contribution >= 0.6 is 0 Å². The standard InChI is InChI=1S/C50H76F4N5O12.C44H75N5O12.C6H2F4O/c1-4-5-10-43-57-47-39-12-11-38(36-42(39)56-50(55)48(47)58-43)9-7-6-8-14-59(2,3)15-17-62-19-21-64-23-25-66-27-29-68-31-33-70-35-34-69-32-30-67-28-26-65-24-22-63-20-18-61-16-13-44(60)71-49-45(53)40(51)37-41(52)46(49)54;1-4-5-10-40-47-42-38-12-11-37(36-39(38)46-44(45)43(42)48-40)9-7-6-8-14-49(2,3)15-17-53-19-21-55-23-25-57-27-29-59-31-33-61-35-34-60-32-30-58-28-26-56-24-22-54-20-18-52-16-13-41(50)51;7-2-1-3(8)5(10)6(11)4(2)9/h11-12,36-37H,4-10,13-35H2,1-3H3,(H2,55,56)(H,57,58);11-12,36H,4-10,13-35H2,1-3H3,(H3-,45,46,47,48,50,51);1,11H/q+1;;/p+1. The molecular weight excluding hydrogens is 1890 g/mol. The Morgan fingerprint density at radius 1 is 0.322 bits per heavy atom. The number of phenols is 1. The van der Waals surface area contributed by atoms with Crippen LogP contribution in [0.4, 0.5) is 46.8 Å². The Bertz CT molecular complexity index is 4720. The van der Waals surface area contributed by atoms with E-state index >= 15 is 0 Å². The fourth-order valence-electron chi connectivity index (χ4n) is 13.7. The quantitative estimate of drug-likeness (QED) is 0.00515. The normalized spacial score (nSPS) is 11.9. The summed E-state index contributed by atoms with van der Waals surface area (Å²) in [5.74, 6) is -15.8. The number of anilines is 2. The number of aryl methyl sites for hydroxylation is 4. The zero-order chi connectivity index (χ0) is 103. The van der Waals surface area contributed by atoms with Crippen molar-refractivity contribution in [3.05, 3.63) is 118 Å². The lowest BCUT2D eigenvalue weighted by atomic mass is 10.0. The molecule has 0 fully saturated rings. The monoisotopic (exact) mass is 2050 g/mol. The molecular formula is C100H154F8N10O25+2. The number of nitrogens with zero attached hydrogens (tertiary/aromatic N) is 6. The number of likely N-dealkylation sites (N-methyl/N-ethyl adjacent to an activating group) is 2. The lowest BCUT2D eigenvalue weighted by molar-refractivity contribution is -0.891. The van der Waals surface area contributed by atoms with Crippen LogP contribution in [-0.4, -0.2) is 380 Å². The molecule has 0 aliphatic rings. The van der Waals surface area contributed by atoms with Crippen molar-refractivity contribution in [2.24, 2.45) is 0 Å². The topological polar surface area (TPSA) is 404 Å². The lowest BCUT2D eigenvalue weighted by Crippen LogP contribution is -2.43. The second kappa shape index (κ2) is 75.3. The average molecular weight is 2050 g/mol. The molecule has 4 heterocycles. The summed E-state index contributed by atoms with van der Waals surface area (Å²) in [6.45, 7) is 26.1. The summed E-state index contributed by atoms with van der Waals surface area (Å²) in [6.07, 6.45) is 14.9. The number of halogens is 8. The van der Waals surface area contributed by atoms with Gasteiger partial charge in [0.2, 0.25) is 29.0 Å². The van der Waals surface area contributed by atoms with Gasteiger partial charge < -0.3 is 140 Å². The van der Waals surface area contributed by atoms with Crippen LogP contribution < -0.4 is 16.2 Å². The number of carbonyl (C=O) groups excluding carboxylic acids is 1. The van der Waals surface area contributed by atoms with E-state index in [4.69, 9.17) is 131 Å². The molecule has 0 unspecified atom stereocenters. The second-order valence-corrected chi connectivity index (χ2v) is 34.3. The number of aromatic nitrogens is 6. The minimum Gasteiger partial charge on any atom is -0.503 e. The molecule has 808 valence electrons. The minimum absolute atomic E-state index is 0.00323. The largest absolute Gasteiger partial charge is 0.503 e. The van der Waals surface area contributed by atoms with Gasteiger partial charge in [-0.05, 0) is 87.5 Å². The summed E-state index contributed by atoms with van der Waals surface area (Å²) in [6, 6.07) is 13.1. The number of pyridine rings is 2. The molecule has 0 spiro atoms. The molecule has 0 aliphatic heterocycles. The molecule has 0 atom stereocenters. The fraction of sp³-hybridized carbons (Fsp3) is 0.660. The number of hydrogen-bond acceptors (Lipinski definition) is 30. The van der Waals surface area contributed by atoms with Crippen molar-refractivity contribution in [3.8, 4) is 11.5 Å². The number of quaternary nitrogens is 2. The number of fused-ring (bicyclic) bond motifs is 6. The number of aliphatic carboxylic acids is 1. The Kier molecular flexibility index (Phi) is 64.9. The number of benzene rings is 4. The summed E-state index contributed by atoms with van der Waals surface area (Å²) in [5, 5.41) is 19.0. The molecule has 35 nitrogen and oxygen atoms in total. The van der Waals surface area contributed by atoms with Crippen molar-refractivity contribution >= 4 is 67.4 Å². The average Bonchev–Trinajstić information content (AvgIpc) is 1.63. The van der Waals surface area contributed by atoms with E-state index in [0.29, 0.717) is 249 Å². The molecule has 143 heavy (non-hydrogen) atoms. The number of nitrogens with one attached hydrogen (secondary N) is 2. The highest BCUT2D eigenvalue weighted by molar-refractivity contribution is 6.07. The molecule has 8 aromatic rings. The Balaban J connectivity index is 0.000000397. The van der Waals surface area contributed by atoms with Crippen LogP contribution in [0.15, 0.2) is 48.5 Å². The van der Waals surface area contributed by atoms with Crippen LogP contribution in [-0.2, 0) is 130 Å². The van der Waals surface area contributed by atoms with Crippen molar-refractivity contribution < 1.29 is 163 Å². The van der Waals surface area contributed by atoms with E-state index in [1.807, 2.05) is 0 Å². The number of carboxylic acids is 1. The first kappa shape index (κ1) is 123. The summed E-state index contributed by atoms with van der Waals surface area (Å²) >= 11 is 0. The van der Waals surface area contributed by atoms with Gasteiger partial charge in [-0.3, -0.25) is 9.59 Å². The zero-order valence-electron chi connectivity index (χ0n) is 84.2. The molecule has 0 bridgehead atoms. The van der Waals surface area contributed by atoms with E-state index in [0.717, 1.165) is 161 Å². The van der Waals surface area contributed by atoms with Crippen LogP contribution in [0.5, 0.6) is 11.5 Å². The number of aromatic hydroxyl groups is 1. The highest BCUT2D eigenvalue weighted by atomic mass is 19.2. The van der Waals surface area contributed by atoms with E-state index in [-0.39, 0.29) is 45.0 Å². The molecule has 4 aromatic heterocycles. The molecule has 8 N–H and O–H groups in total. The first-order valence-electron chi connectivity index (χ1n) is 49.4. The third-order valence-corrected chi connectivity index (χ3v) is 21.8. The highest BCUT2D eigenvalue weighted by Crippen LogP contribution is 2.32. The number of hydrogen-bond donors (Lipinski definition) is 6. The van der Waals surface area contributed by atoms with Crippen molar-refractivity contribution in [2.45, 2.75) is 117 Å². The van der Waals surface area contributed by atoms with Crippen LogP contribution in [0.3, 0.4) is 0 Å². The number of unbranched alkanes of at least 4 members (excludes halogenated alkanes) is 6. The number of imidazole rings is 2. The molecule has 43 heteroatoms. The van der Waals surface area contributed by atoms with Gasteiger partial charge in [-0.15, -0.1) is 0 Å². The van der Waals surface area contributed by atoms with Gasteiger partial charge in [-0.1, -0.05) is 51.0 Å². The Morgan fingerprint density at radius 3 is 0.867 bits per heavy atom. The molecule has 0 radical (unpaired) electrons. The van der Waals surface area contributed by atoms with Crippen molar-refractivity contribution in [3.63, 3.8) is 0 Å². The third-order valence-electron chi connectivity index (χ3n) is 21.8. The van der Waals surface area contributed by atoms with Gasteiger partial charge in [0, 0.05) is 35.7 Å². The van der Waals surface area contributed by atoms with Crippen LogP contribution in [0.1, 0.15) is 114 Å². The predicted octanol–water partition coefficient (Wildman–Crippen LogP) is 13.0. The molecule has 8 rings (SSSR count). The lowest BCUT2D eigenvalue weighted by Gasteiger charge is -2.29. The first-order chi connectivity index (χ1) is 69.3. The van der Waals surface area contributed by atoms with Crippen LogP contribution in [0.2, 0.25) is 0 Å². The molecule has 0 amide bonds. The maximum absolute atomic E-state index is 13.6. The van der Waals surface area contributed by atoms with E-state index in [2.05, 4.69) is 98.1 Å². The molecule has 0 saturated carbocycles. The van der Waals surface area contributed by atoms with Gasteiger partial charge in [0.25, 0.3) is 0 Å². The number of aromatic amines is 2. The predicted molar refractivity (Wildman–Crippen MR) is 521 cm³/mol. The van der Waals surface area contributed by atoms with E-state index in [9.17, 15) is 44.7 Å². The zero-order valence-corrected chi connectivity index (χ0v) is 84.2. The van der Waals surface area contributed by atoms with Gasteiger partial charge in [-0.2, -0.15) is 17.6 Å². The number of nitrogen functional groups attached to an aromatic ring is 2. The number of phenolic OH excluding ortho intramolecular Hbond substituents is 1. The van der Waals surface area contributed by atoms with E-state index < -0.39 is 76.4 Å². The smallest absolute Gasteiger partial charge is 0.313 e. The van der Waals surface area contributed by atoms with Crippen molar-refractivity contribution in [1.29, 1.82) is 0 Å². The molecule has 0 aliphatic carbocycles. The van der Waals surface area contributed by atoms with Crippen molar-refractivity contribution in [1.82, 2.24) is 29.9 Å². The first-order valence-corrected chi connectivity index (χ1v) is 49.4. The summed E-state index contributed by atoms with van der Waals surface area (Å²) in [7, 11) is 9.05. The van der Waals surface area contributed by atoms with Crippen LogP contribution in [0.25, 0.3) is 43.9 Å². The summed E-state index contributed by atoms with van der Waals surface area (Å²) in [4.78, 5) is 47.9. The van der Waals surface area contributed by atoms with E-state index in [1.54, 1.807) is 0 Å².